The molecule has 2 N–H and O–H groups in total. The van der Waals surface area contributed by atoms with Gasteiger partial charge >= 0.3 is 0 Å². The molecule has 19 heavy (non-hydrogen) atoms. The molecule has 1 fully saturated rings. The van der Waals surface area contributed by atoms with Crippen molar-refractivity contribution in [2.75, 3.05) is 23.7 Å². The number of nitrogens with zero attached hydrogens (tertiary/aromatic N) is 2. The number of thioether (sulfide) groups is 1. The van der Waals surface area contributed by atoms with Gasteiger partial charge in [0.1, 0.15) is 5.82 Å². The second-order valence-corrected chi connectivity index (χ2v) is 6.53. The highest BCUT2D eigenvalue weighted by molar-refractivity contribution is 8.00. The molecule has 0 radical (unpaired) electrons. The molecule has 1 saturated heterocycles. The molecule has 1 aromatic rings. The van der Waals surface area contributed by atoms with E-state index in [4.69, 9.17) is 10.7 Å². The van der Waals surface area contributed by atoms with Crippen LogP contribution >= 0.6 is 11.8 Å². The van der Waals surface area contributed by atoms with Gasteiger partial charge in [-0.05, 0) is 30.5 Å². The Balaban J connectivity index is 2.19. The van der Waals surface area contributed by atoms with Gasteiger partial charge in [-0.1, -0.05) is 20.3 Å². The van der Waals surface area contributed by atoms with Gasteiger partial charge < -0.3 is 10.6 Å². The Kier molecular flexibility index (Phi) is 5.52. The van der Waals surface area contributed by atoms with Crippen LogP contribution in [0.2, 0.25) is 0 Å². The summed E-state index contributed by atoms with van der Waals surface area (Å²) >= 11 is 2.09. The molecule has 1 unspecified atom stereocenters. The fourth-order valence-electron chi connectivity index (χ4n) is 2.47. The molecule has 1 atom stereocenters. The Morgan fingerprint density at radius 1 is 1.42 bits per heavy atom. The third-order valence-corrected chi connectivity index (χ3v) is 4.96. The molecule has 2 heterocycles. The maximum atomic E-state index is 5.82. The van der Waals surface area contributed by atoms with Crippen LogP contribution in [-0.4, -0.2) is 29.1 Å². The van der Waals surface area contributed by atoms with Crippen LogP contribution in [0.3, 0.4) is 0 Å². The first-order chi connectivity index (χ1) is 9.26. The molecule has 0 saturated carbocycles. The molecule has 2 rings (SSSR count). The minimum absolute atomic E-state index is 0.603. The fraction of sp³-hybridized carbons (Fsp3) is 0.667. The second kappa shape index (κ2) is 7.15. The quantitative estimate of drug-likeness (QED) is 0.900. The smallest absolute Gasteiger partial charge is 0.129 e. The standard InChI is InChI=1S/C15H25N3S/c1-3-5-13-8-12(10-16)9-15(17-13)18-6-7-19-14(4-2)11-18/h8-9,14H,3-7,10-11,16H2,1-2H3. The predicted molar refractivity (Wildman–Crippen MR) is 84.9 cm³/mol. The number of rotatable bonds is 5. The summed E-state index contributed by atoms with van der Waals surface area (Å²) in [5, 5.41) is 0.742. The molecular formula is C15H25N3S. The van der Waals surface area contributed by atoms with Crippen LogP contribution in [0.15, 0.2) is 12.1 Å². The first kappa shape index (κ1) is 14.7. The average molecular weight is 279 g/mol. The first-order valence-electron chi connectivity index (χ1n) is 7.33. The minimum Gasteiger partial charge on any atom is -0.355 e. The van der Waals surface area contributed by atoms with E-state index in [1.165, 1.54) is 23.4 Å². The minimum atomic E-state index is 0.603. The van der Waals surface area contributed by atoms with E-state index in [9.17, 15) is 0 Å². The van der Waals surface area contributed by atoms with Crippen LogP contribution in [0, 0.1) is 0 Å². The van der Waals surface area contributed by atoms with Crippen molar-refractivity contribution in [3.63, 3.8) is 0 Å². The van der Waals surface area contributed by atoms with Crippen molar-refractivity contribution in [3.8, 4) is 0 Å². The summed E-state index contributed by atoms with van der Waals surface area (Å²) in [6.07, 6.45) is 3.41. The third kappa shape index (κ3) is 3.86. The van der Waals surface area contributed by atoms with Crippen LogP contribution in [0.25, 0.3) is 0 Å². The van der Waals surface area contributed by atoms with Gasteiger partial charge in [0.25, 0.3) is 0 Å². The lowest BCUT2D eigenvalue weighted by molar-refractivity contribution is 0.715. The van der Waals surface area contributed by atoms with E-state index in [1.54, 1.807) is 0 Å². The van der Waals surface area contributed by atoms with Gasteiger partial charge in [0.2, 0.25) is 0 Å². The summed E-state index contributed by atoms with van der Waals surface area (Å²) in [7, 11) is 0. The highest BCUT2D eigenvalue weighted by atomic mass is 32.2. The number of pyridine rings is 1. The molecule has 0 spiro atoms. The summed E-state index contributed by atoms with van der Waals surface area (Å²) in [6.45, 7) is 7.29. The molecule has 106 valence electrons. The van der Waals surface area contributed by atoms with Crippen molar-refractivity contribution in [1.29, 1.82) is 0 Å². The van der Waals surface area contributed by atoms with E-state index in [0.717, 1.165) is 37.0 Å². The highest BCUT2D eigenvalue weighted by Gasteiger charge is 2.20. The molecule has 0 aliphatic carbocycles. The summed E-state index contributed by atoms with van der Waals surface area (Å²) in [4.78, 5) is 7.26. The summed E-state index contributed by atoms with van der Waals surface area (Å²) < 4.78 is 0. The van der Waals surface area contributed by atoms with Crippen molar-refractivity contribution >= 4 is 17.6 Å². The SMILES string of the molecule is CCCc1cc(CN)cc(N2CCSC(CC)C2)n1. The number of aromatic nitrogens is 1. The van der Waals surface area contributed by atoms with Gasteiger partial charge in [-0.2, -0.15) is 11.8 Å². The van der Waals surface area contributed by atoms with Crippen molar-refractivity contribution in [3.05, 3.63) is 23.4 Å². The van der Waals surface area contributed by atoms with Gasteiger partial charge in [-0.3, -0.25) is 0 Å². The molecule has 0 aromatic carbocycles. The van der Waals surface area contributed by atoms with Gasteiger partial charge in [0.05, 0.1) is 0 Å². The maximum Gasteiger partial charge on any atom is 0.129 e. The molecule has 0 amide bonds. The van der Waals surface area contributed by atoms with E-state index in [-0.39, 0.29) is 0 Å². The number of hydrogen-bond acceptors (Lipinski definition) is 4. The zero-order valence-electron chi connectivity index (χ0n) is 12.1. The molecular weight excluding hydrogens is 254 g/mol. The van der Waals surface area contributed by atoms with E-state index in [0.29, 0.717) is 6.54 Å². The normalized spacial score (nSPS) is 19.7. The monoisotopic (exact) mass is 279 g/mol. The van der Waals surface area contributed by atoms with Crippen LogP contribution in [0.1, 0.15) is 37.9 Å². The Hall–Kier alpha value is -0.740. The van der Waals surface area contributed by atoms with E-state index < -0.39 is 0 Å². The molecule has 4 heteroatoms. The fourth-order valence-corrected chi connectivity index (χ4v) is 3.65. The van der Waals surface area contributed by atoms with Gasteiger partial charge in [0.15, 0.2) is 0 Å². The van der Waals surface area contributed by atoms with Gasteiger partial charge in [-0.15, -0.1) is 0 Å². The van der Waals surface area contributed by atoms with Gasteiger partial charge in [0, 0.05) is 36.3 Å². The number of aryl methyl sites for hydroxylation is 1. The molecule has 3 nitrogen and oxygen atoms in total. The van der Waals surface area contributed by atoms with Crippen LogP contribution in [-0.2, 0) is 13.0 Å². The van der Waals surface area contributed by atoms with Gasteiger partial charge in [-0.25, -0.2) is 4.98 Å². The summed E-state index contributed by atoms with van der Waals surface area (Å²) in [5.74, 6) is 2.33. The summed E-state index contributed by atoms with van der Waals surface area (Å²) in [6, 6.07) is 4.32. The largest absolute Gasteiger partial charge is 0.355 e. The Labute approximate surface area is 121 Å². The summed E-state index contributed by atoms with van der Waals surface area (Å²) in [5.41, 5.74) is 8.21. The van der Waals surface area contributed by atoms with Crippen molar-refractivity contribution < 1.29 is 0 Å². The lowest BCUT2D eigenvalue weighted by Gasteiger charge is -2.33. The third-order valence-electron chi connectivity index (χ3n) is 3.58. The first-order valence-corrected chi connectivity index (χ1v) is 8.38. The highest BCUT2D eigenvalue weighted by Crippen LogP contribution is 2.25. The number of anilines is 1. The topological polar surface area (TPSA) is 42.1 Å². The van der Waals surface area contributed by atoms with E-state index in [2.05, 4.69) is 42.6 Å². The second-order valence-electron chi connectivity index (χ2n) is 5.13. The molecule has 0 bridgehead atoms. The lowest BCUT2D eigenvalue weighted by atomic mass is 10.1. The zero-order chi connectivity index (χ0) is 13.7. The van der Waals surface area contributed by atoms with Crippen LogP contribution < -0.4 is 10.6 Å². The Morgan fingerprint density at radius 2 is 2.26 bits per heavy atom. The van der Waals surface area contributed by atoms with Crippen LogP contribution in [0.4, 0.5) is 5.82 Å². The maximum absolute atomic E-state index is 5.82. The predicted octanol–water partition coefficient (Wildman–Crippen LogP) is 2.82. The molecule has 1 aromatic heterocycles. The number of hydrogen-bond donors (Lipinski definition) is 1. The van der Waals surface area contributed by atoms with E-state index >= 15 is 0 Å². The number of nitrogens with two attached hydrogens (primary N) is 1. The Morgan fingerprint density at radius 3 is 2.95 bits per heavy atom. The van der Waals surface area contributed by atoms with E-state index in [1.807, 2.05) is 0 Å². The van der Waals surface area contributed by atoms with Crippen molar-refractivity contribution in [2.24, 2.45) is 5.73 Å². The zero-order valence-corrected chi connectivity index (χ0v) is 12.9. The van der Waals surface area contributed by atoms with Crippen LogP contribution in [0.5, 0.6) is 0 Å². The Bertz CT molecular complexity index is 408. The lowest BCUT2D eigenvalue weighted by Crippen LogP contribution is -2.38. The molecule has 1 aliphatic rings. The molecule has 1 aliphatic heterocycles. The average Bonchev–Trinajstić information content (AvgIpc) is 2.47. The van der Waals surface area contributed by atoms with Crippen molar-refractivity contribution in [1.82, 2.24) is 4.98 Å². The van der Waals surface area contributed by atoms with Crippen molar-refractivity contribution in [2.45, 2.75) is 44.9 Å².